The maximum Gasteiger partial charge on any atom is 0.332 e. The summed E-state index contributed by atoms with van der Waals surface area (Å²) in [7, 11) is 2.60. The Labute approximate surface area is 101 Å². The van der Waals surface area contributed by atoms with Crippen LogP contribution in [-0.4, -0.2) is 18.7 Å². The number of hydrogen-bond donors (Lipinski definition) is 0. The molecule has 0 atom stereocenters. The first-order valence-electron chi connectivity index (χ1n) is 5.36. The van der Waals surface area contributed by atoms with Gasteiger partial charge in [-0.2, -0.15) is 8.78 Å². The highest BCUT2D eigenvalue weighted by molar-refractivity contribution is 5.69. The summed E-state index contributed by atoms with van der Waals surface area (Å²) in [5.74, 6) is 0. The molecule has 0 aliphatic heterocycles. The first-order valence-corrected chi connectivity index (χ1v) is 5.36. The number of aryl methyl sites for hydroxylation is 1. The van der Waals surface area contributed by atoms with Gasteiger partial charge in [0.2, 0.25) is 0 Å². The van der Waals surface area contributed by atoms with Gasteiger partial charge in [-0.05, 0) is 0 Å². The van der Waals surface area contributed by atoms with Crippen LogP contribution in [0.3, 0.4) is 0 Å². The zero-order valence-corrected chi connectivity index (χ0v) is 10.5. The van der Waals surface area contributed by atoms with Gasteiger partial charge in [0.05, 0.1) is 0 Å². The smallest absolute Gasteiger partial charge is 0.279 e. The molecule has 18 heavy (non-hydrogen) atoms. The van der Waals surface area contributed by atoms with Gasteiger partial charge < -0.3 is 0 Å². The average molecular weight is 260 g/mol. The fraction of sp³-hybridized carbons (Fsp3) is 0.500. The summed E-state index contributed by atoms with van der Waals surface area (Å²) in [4.78, 5) is 26.7. The highest BCUT2D eigenvalue weighted by Gasteiger charge is 2.18. The molecule has 0 aliphatic carbocycles. The van der Waals surface area contributed by atoms with Gasteiger partial charge in [-0.3, -0.25) is 18.5 Å². The summed E-state index contributed by atoms with van der Waals surface area (Å²) in [6, 6.07) is 0. The molecule has 0 aromatic carbocycles. The zero-order chi connectivity index (χ0) is 14.0. The van der Waals surface area contributed by atoms with E-state index in [9.17, 15) is 18.4 Å². The van der Waals surface area contributed by atoms with Crippen molar-refractivity contribution >= 4 is 11.2 Å². The minimum Gasteiger partial charge on any atom is -0.279 e. The maximum atomic E-state index is 12.6. The molecule has 0 N–H and O–H groups in total. The van der Waals surface area contributed by atoms with Crippen molar-refractivity contribution in [2.75, 3.05) is 0 Å². The molecule has 0 unspecified atom stereocenters. The first-order chi connectivity index (χ1) is 8.45. The zero-order valence-electron chi connectivity index (χ0n) is 10.5. The van der Waals surface area contributed by atoms with E-state index in [-0.39, 0.29) is 11.2 Å². The van der Waals surface area contributed by atoms with Crippen LogP contribution in [0.25, 0.3) is 11.2 Å². The molecule has 0 spiro atoms. The number of rotatable bonds is 1. The number of fused-ring (bicyclic) bond motifs is 1. The van der Waals surface area contributed by atoms with Crippen LogP contribution in [0.15, 0.2) is 15.9 Å². The summed E-state index contributed by atoms with van der Waals surface area (Å²) in [5.41, 5.74) is -1.71. The molecule has 0 aliphatic rings. The van der Waals surface area contributed by atoms with E-state index >= 15 is 0 Å². The van der Waals surface area contributed by atoms with E-state index in [4.69, 9.17) is 0 Å². The van der Waals surface area contributed by atoms with Gasteiger partial charge in [0.15, 0.2) is 11.2 Å². The Morgan fingerprint density at radius 2 is 1.72 bits per heavy atom. The molecule has 8 heteroatoms. The normalized spacial score (nSPS) is 10.6. The van der Waals surface area contributed by atoms with E-state index < -0.39 is 17.8 Å². The van der Waals surface area contributed by atoms with Crippen LogP contribution in [0.2, 0.25) is 0 Å². The molecule has 0 bridgehead atoms. The van der Waals surface area contributed by atoms with Crippen molar-refractivity contribution in [3.8, 4) is 0 Å². The number of halogens is 2. The summed E-state index contributed by atoms with van der Waals surface area (Å²) in [6.45, 7) is 1.13. The molecule has 0 saturated carbocycles. The van der Waals surface area contributed by atoms with E-state index in [1.165, 1.54) is 14.1 Å². The van der Waals surface area contributed by atoms with Gasteiger partial charge in [0.1, 0.15) is 6.33 Å². The largest absolute Gasteiger partial charge is 0.332 e. The summed E-state index contributed by atoms with van der Waals surface area (Å²) >= 11 is 0. The van der Waals surface area contributed by atoms with Crippen molar-refractivity contribution in [2.24, 2.45) is 14.1 Å². The second-order valence-corrected chi connectivity index (χ2v) is 3.31. The van der Waals surface area contributed by atoms with Crippen molar-refractivity contribution in [1.82, 2.24) is 18.7 Å². The quantitative estimate of drug-likeness (QED) is 0.763. The summed E-state index contributed by atoms with van der Waals surface area (Å²) in [6.07, 6.45) is 0.843. The number of imidazole rings is 1. The standard InChI is InChI=1S/C8H8F2N4O2.C2H6/c1-12-5-4(6(15)13(2)8(12)16)14(3-11-5)7(9)10;1-2/h3,7H,1-2H3;1-2H3. The average Bonchev–Trinajstić information content (AvgIpc) is 2.81. The lowest BCUT2D eigenvalue weighted by Gasteiger charge is -2.05. The minimum absolute atomic E-state index is 0.0478. The third-order valence-electron chi connectivity index (χ3n) is 2.38. The molecule has 100 valence electrons. The number of nitrogens with zero attached hydrogens (tertiary/aromatic N) is 4. The van der Waals surface area contributed by atoms with Crippen LogP contribution in [0.1, 0.15) is 20.4 Å². The Kier molecular flexibility index (Phi) is 4.00. The lowest BCUT2D eigenvalue weighted by molar-refractivity contribution is 0.0743. The number of aromatic nitrogens is 4. The number of alkyl halides is 2. The highest BCUT2D eigenvalue weighted by Crippen LogP contribution is 2.14. The van der Waals surface area contributed by atoms with Crippen molar-refractivity contribution < 1.29 is 8.78 Å². The molecular weight excluding hydrogens is 246 g/mol. The third-order valence-corrected chi connectivity index (χ3v) is 2.38. The lowest BCUT2D eigenvalue weighted by atomic mass is 10.5. The molecule has 2 rings (SSSR count). The number of hydrogen-bond acceptors (Lipinski definition) is 3. The predicted octanol–water partition coefficient (Wildman–Crippen LogP) is 0.855. The Bertz CT molecular complexity index is 669. The van der Waals surface area contributed by atoms with Gasteiger partial charge in [0.25, 0.3) is 5.56 Å². The van der Waals surface area contributed by atoms with E-state index in [0.29, 0.717) is 4.57 Å². The van der Waals surface area contributed by atoms with E-state index in [2.05, 4.69) is 4.98 Å². The lowest BCUT2D eigenvalue weighted by Crippen LogP contribution is -2.37. The SMILES string of the molecule is CC.Cn1c(=O)c2c(ncn2C(F)F)n(C)c1=O. The molecular formula is C10H14F2N4O2. The van der Waals surface area contributed by atoms with Crippen LogP contribution in [-0.2, 0) is 14.1 Å². The first kappa shape index (κ1) is 14.1. The van der Waals surface area contributed by atoms with Crippen molar-refractivity contribution in [1.29, 1.82) is 0 Å². The Hall–Kier alpha value is -1.99. The molecule has 0 fully saturated rings. The van der Waals surface area contributed by atoms with Crippen molar-refractivity contribution in [2.45, 2.75) is 20.4 Å². The van der Waals surface area contributed by atoms with Gasteiger partial charge in [-0.15, -0.1) is 0 Å². The molecule has 2 heterocycles. The molecule has 2 aromatic rings. The van der Waals surface area contributed by atoms with Crippen molar-refractivity contribution in [3.05, 3.63) is 27.2 Å². The second-order valence-electron chi connectivity index (χ2n) is 3.31. The van der Waals surface area contributed by atoms with Crippen LogP contribution >= 0.6 is 0 Å². The fourth-order valence-corrected chi connectivity index (χ4v) is 1.51. The van der Waals surface area contributed by atoms with Crippen molar-refractivity contribution in [3.63, 3.8) is 0 Å². The van der Waals surface area contributed by atoms with Gasteiger partial charge in [0, 0.05) is 14.1 Å². The molecule has 6 nitrogen and oxygen atoms in total. The highest BCUT2D eigenvalue weighted by atomic mass is 19.3. The Morgan fingerprint density at radius 1 is 1.17 bits per heavy atom. The fourth-order valence-electron chi connectivity index (χ4n) is 1.51. The topological polar surface area (TPSA) is 61.8 Å². The van der Waals surface area contributed by atoms with Crippen LogP contribution in [0, 0.1) is 0 Å². The van der Waals surface area contributed by atoms with Crippen LogP contribution in [0.4, 0.5) is 8.78 Å². The third kappa shape index (κ3) is 1.93. The van der Waals surface area contributed by atoms with Gasteiger partial charge >= 0.3 is 12.2 Å². The molecule has 0 saturated heterocycles. The van der Waals surface area contributed by atoms with Crippen LogP contribution < -0.4 is 11.2 Å². The van der Waals surface area contributed by atoms with Gasteiger partial charge in [-0.1, -0.05) is 13.8 Å². The van der Waals surface area contributed by atoms with Gasteiger partial charge in [-0.25, -0.2) is 9.78 Å². The summed E-state index contributed by atoms with van der Waals surface area (Å²) < 4.78 is 27.4. The monoisotopic (exact) mass is 260 g/mol. The van der Waals surface area contributed by atoms with E-state index in [1.54, 1.807) is 0 Å². The Morgan fingerprint density at radius 3 is 2.22 bits per heavy atom. The minimum atomic E-state index is -2.87. The maximum absolute atomic E-state index is 12.6. The predicted molar refractivity (Wildman–Crippen MR) is 62.8 cm³/mol. The molecule has 0 amide bonds. The second kappa shape index (κ2) is 5.11. The Balaban J connectivity index is 0.000000771. The van der Waals surface area contributed by atoms with E-state index in [0.717, 1.165) is 15.5 Å². The summed E-state index contributed by atoms with van der Waals surface area (Å²) in [5, 5.41) is 0. The van der Waals surface area contributed by atoms with Crippen LogP contribution in [0.5, 0.6) is 0 Å². The van der Waals surface area contributed by atoms with E-state index in [1.807, 2.05) is 13.8 Å². The molecule has 0 radical (unpaired) electrons. The molecule has 2 aromatic heterocycles.